The highest BCUT2D eigenvalue weighted by Gasteiger charge is 2.25. The van der Waals surface area contributed by atoms with Gasteiger partial charge in [0, 0.05) is 24.5 Å². The van der Waals surface area contributed by atoms with E-state index in [9.17, 15) is 14.0 Å². The van der Waals surface area contributed by atoms with Crippen LogP contribution in [0.3, 0.4) is 0 Å². The molecule has 0 bridgehead atoms. The van der Waals surface area contributed by atoms with Crippen LogP contribution in [0.1, 0.15) is 28.8 Å². The Labute approximate surface area is 236 Å². The monoisotopic (exact) mass is 576 g/mol. The fourth-order valence-electron chi connectivity index (χ4n) is 4.37. The topological polar surface area (TPSA) is 55.9 Å². The van der Waals surface area contributed by atoms with Crippen molar-refractivity contribution >= 4 is 52.2 Å². The molecule has 1 aliphatic rings. The van der Waals surface area contributed by atoms with Gasteiger partial charge < -0.3 is 20.0 Å². The first-order valence-electron chi connectivity index (χ1n) is 12.6. The van der Waals surface area contributed by atoms with Gasteiger partial charge in [-0.15, -0.1) is 11.3 Å². The largest absolute Gasteiger partial charge is 0.332 e. The Hall–Kier alpha value is -2.65. The lowest BCUT2D eigenvalue weighted by Gasteiger charge is -2.29. The van der Waals surface area contributed by atoms with Gasteiger partial charge in [0.25, 0.3) is 0 Å². The Bertz CT molecular complexity index is 1230. The third-order valence-electron chi connectivity index (χ3n) is 6.63. The summed E-state index contributed by atoms with van der Waals surface area (Å²) in [7, 11) is 0. The fraction of sp³-hybridized carbons (Fsp3) is 0.357. The van der Waals surface area contributed by atoms with Crippen LogP contribution in [0.25, 0.3) is 0 Å². The first-order valence-corrected chi connectivity index (χ1v) is 14.2. The number of benzene rings is 2. The minimum Gasteiger partial charge on any atom is -0.332 e. The van der Waals surface area contributed by atoms with Crippen molar-refractivity contribution in [3.63, 3.8) is 0 Å². The molecule has 3 aromatic rings. The van der Waals surface area contributed by atoms with Gasteiger partial charge in [-0.05, 0) is 79.7 Å². The van der Waals surface area contributed by atoms with E-state index >= 15 is 0 Å². The van der Waals surface area contributed by atoms with Crippen LogP contribution in [-0.4, -0.2) is 59.4 Å². The Morgan fingerprint density at radius 1 is 1.00 bits per heavy atom. The van der Waals surface area contributed by atoms with Gasteiger partial charge in [-0.3, -0.25) is 4.79 Å². The minimum absolute atomic E-state index is 0.118. The predicted molar refractivity (Wildman–Crippen MR) is 152 cm³/mol. The number of hydrogen-bond acceptors (Lipinski definition) is 4. The molecule has 0 aliphatic carbocycles. The second-order valence-corrected chi connectivity index (χ2v) is 11.2. The molecule has 1 fully saturated rings. The quantitative estimate of drug-likeness (QED) is 0.293. The Kier molecular flexibility index (Phi) is 10.0. The summed E-state index contributed by atoms with van der Waals surface area (Å²) >= 11 is 14.2. The zero-order chi connectivity index (χ0) is 27.1. The summed E-state index contributed by atoms with van der Waals surface area (Å²) in [5.41, 5.74) is 2.23. The smallest absolute Gasteiger partial charge is 0.322 e. The lowest BCUT2D eigenvalue weighted by molar-refractivity contribution is -0.133. The van der Waals surface area contributed by atoms with E-state index in [0.29, 0.717) is 41.9 Å². The van der Waals surface area contributed by atoms with Crippen molar-refractivity contribution in [2.75, 3.05) is 38.0 Å². The zero-order valence-electron chi connectivity index (χ0n) is 21.3. The number of nitrogens with one attached hydrogen (secondary N) is 1. The number of thiophene rings is 1. The highest BCUT2D eigenvalue weighted by molar-refractivity contribution is 7.10. The number of carbonyl (C=O) groups excluding carboxylic acids is 2. The van der Waals surface area contributed by atoms with Crippen molar-refractivity contribution in [2.45, 2.75) is 32.9 Å². The Morgan fingerprint density at radius 3 is 2.32 bits per heavy atom. The second-order valence-electron chi connectivity index (χ2n) is 9.40. The number of rotatable bonds is 10. The molecule has 0 atom stereocenters. The third kappa shape index (κ3) is 7.69. The maximum atomic E-state index is 13.7. The predicted octanol–water partition coefficient (Wildman–Crippen LogP) is 6.66. The van der Waals surface area contributed by atoms with E-state index in [-0.39, 0.29) is 18.3 Å². The fourth-order valence-corrected chi connectivity index (χ4v) is 5.78. The molecule has 1 saturated heterocycles. The molecule has 202 valence electrons. The van der Waals surface area contributed by atoms with Crippen LogP contribution >= 0.6 is 34.5 Å². The van der Waals surface area contributed by atoms with Gasteiger partial charge in [0.05, 0.1) is 22.3 Å². The first-order chi connectivity index (χ1) is 18.3. The molecule has 1 aliphatic heterocycles. The molecular weight excluding hydrogens is 546 g/mol. The highest BCUT2D eigenvalue weighted by Crippen LogP contribution is 2.30. The normalized spacial score (nSPS) is 13.5. The molecule has 2 heterocycles. The van der Waals surface area contributed by atoms with Crippen LogP contribution in [0.5, 0.6) is 0 Å². The summed E-state index contributed by atoms with van der Waals surface area (Å²) in [6.07, 6.45) is 2.26. The van der Waals surface area contributed by atoms with E-state index in [1.807, 2.05) is 18.4 Å². The van der Waals surface area contributed by atoms with Gasteiger partial charge in [-0.25, -0.2) is 9.18 Å². The molecule has 0 spiro atoms. The summed E-state index contributed by atoms with van der Waals surface area (Å²) in [6, 6.07) is 12.7. The lowest BCUT2D eigenvalue weighted by Crippen LogP contribution is -2.46. The average molecular weight is 578 g/mol. The van der Waals surface area contributed by atoms with Gasteiger partial charge in [0.2, 0.25) is 5.91 Å². The number of hydrogen-bond donors (Lipinski definition) is 1. The number of carbonyl (C=O) groups is 2. The summed E-state index contributed by atoms with van der Waals surface area (Å²) in [5.74, 6) is -0.535. The molecule has 3 amide bonds. The number of nitrogens with zero attached hydrogens (tertiary/aromatic N) is 3. The minimum atomic E-state index is -0.443. The number of anilines is 1. The van der Waals surface area contributed by atoms with Crippen LogP contribution in [0, 0.1) is 12.7 Å². The van der Waals surface area contributed by atoms with Crippen LogP contribution in [-0.2, 0) is 17.9 Å². The Morgan fingerprint density at radius 2 is 1.68 bits per heavy atom. The molecule has 0 unspecified atom stereocenters. The third-order valence-corrected chi connectivity index (χ3v) is 8.27. The van der Waals surface area contributed by atoms with Gasteiger partial charge in [0.1, 0.15) is 12.4 Å². The van der Waals surface area contributed by atoms with E-state index in [1.165, 1.54) is 17.0 Å². The lowest BCUT2D eigenvalue weighted by atomic mass is 10.2. The summed E-state index contributed by atoms with van der Waals surface area (Å²) in [6.45, 7) is 5.60. The highest BCUT2D eigenvalue weighted by atomic mass is 35.5. The molecule has 1 N–H and O–H groups in total. The molecule has 0 saturated carbocycles. The van der Waals surface area contributed by atoms with Crippen LogP contribution in [0.2, 0.25) is 10.0 Å². The molecule has 1 aromatic heterocycles. The molecule has 38 heavy (non-hydrogen) atoms. The number of likely N-dealkylation sites (tertiary alicyclic amines) is 1. The van der Waals surface area contributed by atoms with Gasteiger partial charge in [-0.1, -0.05) is 41.4 Å². The zero-order valence-corrected chi connectivity index (χ0v) is 23.6. The molecule has 0 radical (unpaired) electrons. The molecule has 6 nitrogen and oxygen atoms in total. The van der Waals surface area contributed by atoms with Crippen LogP contribution < -0.4 is 5.32 Å². The second kappa shape index (κ2) is 13.4. The molecule has 10 heteroatoms. The van der Waals surface area contributed by atoms with Crippen molar-refractivity contribution in [2.24, 2.45) is 0 Å². The SMILES string of the molecule is Cc1ccsc1CN(Cc1ccc(F)cc1)C(=O)CN(CCN1CCCC1)C(=O)Nc1c(Cl)cccc1Cl. The maximum Gasteiger partial charge on any atom is 0.322 e. The maximum absolute atomic E-state index is 13.7. The van der Waals surface area contributed by atoms with E-state index in [1.54, 1.807) is 46.6 Å². The van der Waals surface area contributed by atoms with Crippen LogP contribution in [0.15, 0.2) is 53.9 Å². The van der Waals surface area contributed by atoms with E-state index in [4.69, 9.17) is 23.2 Å². The van der Waals surface area contributed by atoms with E-state index in [2.05, 4.69) is 10.2 Å². The standard InChI is InChI=1S/C28H31Cl2FN4O2S/c1-20-11-16-38-25(20)18-35(17-21-7-9-22(31)10-8-21)26(36)19-34(15-14-33-12-2-3-13-33)28(37)32-27-23(29)5-4-6-24(27)30/h4-11,16H,2-3,12-15,17-19H2,1H3,(H,32,37). The first kappa shape index (κ1) is 28.4. The van der Waals surface area contributed by atoms with Gasteiger partial charge >= 0.3 is 6.03 Å². The van der Waals surface area contributed by atoms with Crippen molar-refractivity contribution in [1.82, 2.24) is 14.7 Å². The van der Waals surface area contributed by atoms with Crippen molar-refractivity contribution in [3.05, 3.63) is 85.8 Å². The summed E-state index contributed by atoms with van der Waals surface area (Å²) < 4.78 is 13.5. The summed E-state index contributed by atoms with van der Waals surface area (Å²) in [4.78, 5) is 33.7. The molecule has 4 rings (SSSR count). The number of urea groups is 1. The molecule has 2 aromatic carbocycles. The van der Waals surface area contributed by atoms with E-state index in [0.717, 1.165) is 41.9 Å². The average Bonchev–Trinajstić information content (AvgIpc) is 3.56. The Balaban J connectivity index is 1.53. The summed E-state index contributed by atoms with van der Waals surface area (Å²) in [5, 5.41) is 5.44. The number of halogens is 3. The van der Waals surface area contributed by atoms with Crippen LogP contribution in [0.4, 0.5) is 14.9 Å². The number of amides is 3. The van der Waals surface area contributed by atoms with Crippen molar-refractivity contribution < 1.29 is 14.0 Å². The number of para-hydroxylation sites is 1. The van der Waals surface area contributed by atoms with Gasteiger partial charge in [0.15, 0.2) is 0 Å². The van der Waals surface area contributed by atoms with E-state index < -0.39 is 6.03 Å². The number of aryl methyl sites for hydroxylation is 1. The van der Waals surface area contributed by atoms with Crippen molar-refractivity contribution in [1.29, 1.82) is 0 Å². The van der Waals surface area contributed by atoms with Gasteiger partial charge in [-0.2, -0.15) is 0 Å². The molecular formula is C28H31Cl2FN4O2S. The van der Waals surface area contributed by atoms with Crippen molar-refractivity contribution in [3.8, 4) is 0 Å².